The van der Waals surface area contributed by atoms with E-state index in [4.69, 9.17) is 0 Å². The fraction of sp³-hybridized carbons (Fsp3) is 0.923. The summed E-state index contributed by atoms with van der Waals surface area (Å²) < 4.78 is 0. The summed E-state index contributed by atoms with van der Waals surface area (Å²) in [4.78, 5) is 14.2. The zero-order chi connectivity index (χ0) is 12.0. The second-order valence-electron chi connectivity index (χ2n) is 4.92. The van der Waals surface area contributed by atoms with E-state index >= 15 is 0 Å². The van der Waals surface area contributed by atoms with Crippen molar-refractivity contribution in [3.63, 3.8) is 0 Å². The predicted octanol–water partition coefficient (Wildman–Crippen LogP) is 2.17. The molecule has 0 bridgehead atoms. The highest BCUT2D eigenvalue weighted by molar-refractivity contribution is 5.82. The van der Waals surface area contributed by atoms with E-state index < -0.39 is 0 Å². The van der Waals surface area contributed by atoms with Crippen molar-refractivity contribution < 1.29 is 4.79 Å². The summed E-state index contributed by atoms with van der Waals surface area (Å²) in [6.45, 7) is 5.41. The molecule has 0 aliphatic carbocycles. The van der Waals surface area contributed by atoms with Gasteiger partial charge in [-0.2, -0.15) is 0 Å². The minimum atomic E-state index is 0.121. The van der Waals surface area contributed by atoms with Crippen molar-refractivity contribution in [2.24, 2.45) is 0 Å². The Morgan fingerprint density at radius 3 is 2.44 bits per heavy atom. The Labute approximate surface area is 99.6 Å². The number of nitrogens with zero attached hydrogens (tertiary/aromatic N) is 1. The number of rotatable bonds is 6. The highest BCUT2D eigenvalue weighted by Crippen LogP contribution is 2.15. The van der Waals surface area contributed by atoms with Gasteiger partial charge in [0.1, 0.15) is 0 Å². The third-order valence-corrected chi connectivity index (χ3v) is 3.44. The second-order valence-corrected chi connectivity index (χ2v) is 4.92. The van der Waals surface area contributed by atoms with Gasteiger partial charge >= 0.3 is 0 Å². The monoisotopic (exact) mass is 226 g/mol. The summed E-state index contributed by atoms with van der Waals surface area (Å²) in [6.07, 6.45) is 6.68. The zero-order valence-electron chi connectivity index (χ0n) is 11.0. The van der Waals surface area contributed by atoms with Crippen LogP contribution in [-0.2, 0) is 4.79 Å². The van der Waals surface area contributed by atoms with Gasteiger partial charge in [-0.25, -0.2) is 0 Å². The molecule has 0 aromatic heterocycles. The Morgan fingerprint density at radius 1 is 1.38 bits per heavy atom. The van der Waals surface area contributed by atoms with Gasteiger partial charge in [0.2, 0.25) is 5.91 Å². The first-order valence-electron chi connectivity index (χ1n) is 6.69. The quantitative estimate of drug-likeness (QED) is 0.753. The van der Waals surface area contributed by atoms with Gasteiger partial charge in [0.05, 0.1) is 6.04 Å². The molecule has 1 heterocycles. The predicted molar refractivity (Wildman–Crippen MR) is 67.4 cm³/mol. The van der Waals surface area contributed by atoms with Crippen LogP contribution in [0, 0.1) is 0 Å². The summed E-state index contributed by atoms with van der Waals surface area (Å²) in [6, 6.07) is 0.507. The number of hydrogen-bond donors (Lipinski definition) is 1. The maximum Gasteiger partial charge on any atom is 0.237 e. The molecule has 0 unspecified atom stereocenters. The Morgan fingerprint density at radius 2 is 2.00 bits per heavy atom. The molecule has 3 nitrogen and oxygen atoms in total. The van der Waals surface area contributed by atoms with Gasteiger partial charge in [-0.05, 0) is 39.3 Å². The molecular formula is C13H26N2O. The molecule has 16 heavy (non-hydrogen) atoms. The maximum absolute atomic E-state index is 12.1. The molecule has 0 spiro atoms. The van der Waals surface area contributed by atoms with Crippen LogP contribution in [0.15, 0.2) is 0 Å². The third-order valence-electron chi connectivity index (χ3n) is 3.44. The van der Waals surface area contributed by atoms with Crippen LogP contribution in [0.5, 0.6) is 0 Å². The van der Waals surface area contributed by atoms with Crippen molar-refractivity contribution in [2.75, 3.05) is 13.6 Å². The lowest BCUT2D eigenvalue weighted by Gasteiger charge is -2.23. The number of carbonyl (C=O) groups excluding carboxylic acids is 1. The van der Waals surface area contributed by atoms with Crippen LogP contribution in [0.4, 0.5) is 0 Å². The van der Waals surface area contributed by atoms with Gasteiger partial charge in [0.15, 0.2) is 0 Å². The molecule has 94 valence electrons. The van der Waals surface area contributed by atoms with E-state index in [0.717, 1.165) is 45.1 Å². The second kappa shape index (κ2) is 6.89. The summed E-state index contributed by atoms with van der Waals surface area (Å²) in [5.41, 5.74) is 0. The Kier molecular flexibility index (Phi) is 5.81. The van der Waals surface area contributed by atoms with E-state index in [-0.39, 0.29) is 11.9 Å². The molecule has 1 aliphatic rings. The normalized spacial score (nSPS) is 21.6. The largest absolute Gasteiger partial charge is 0.352 e. The minimum absolute atomic E-state index is 0.121. The number of carbonyl (C=O) groups is 1. The van der Waals surface area contributed by atoms with Gasteiger partial charge in [-0.1, -0.05) is 26.7 Å². The number of hydrogen-bond acceptors (Lipinski definition) is 2. The van der Waals surface area contributed by atoms with Gasteiger partial charge in [-0.15, -0.1) is 0 Å². The molecule has 1 amide bonds. The van der Waals surface area contributed by atoms with E-state index in [1.807, 2.05) is 7.05 Å². The standard InChI is InChI=1S/C13H26N2O/c1-4-7-11(8-5-2)14-13(16)12-9-6-10-15(12)3/h11-12H,4-10H2,1-3H3,(H,14,16)/t12-/m0/s1. The lowest BCUT2D eigenvalue weighted by molar-refractivity contribution is -0.125. The van der Waals surface area contributed by atoms with Crippen molar-refractivity contribution in [1.82, 2.24) is 10.2 Å². The zero-order valence-corrected chi connectivity index (χ0v) is 11.0. The van der Waals surface area contributed by atoms with Crippen LogP contribution in [0.2, 0.25) is 0 Å². The molecule has 1 aliphatic heterocycles. The van der Waals surface area contributed by atoms with Crippen LogP contribution in [0.1, 0.15) is 52.4 Å². The van der Waals surface area contributed by atoms with Gasteiger partial charge in [0.25, 0.3) is 0 Å². The van der Waals surface area contributed by atoms with Crippen molar-refractivity contribution >= 4 is 5.91 Å². The Balaban J connectivity index is 2.40. The number of likely N-dealkylation sites (N-methyl/N-ethyl adjacent to an activating group) is 1. The summed E-state index contributed by atoms with van der Waals surface area (Å²) in [5.74, 6) is 0.243. The number of amides is 1. The fourth-order valence-electron chi connectivity index (χ4n) is 2.52. The molecule has 1 rings (SSSR count). The maximum atomic E-state index is 12.1. The van der Waals surface area contributed by atoms with E-state index in [2.05, 4.69) is 24.1 Å². The van der Waals surface area contributed by atoms with Crippen molar-refractivity contribution in [2.45, 2.75) is 64.5 Å². The van der Waals surface area contributed by atoms with Crippen molar-refractivity contribution in [3.05, 3.63) is 0 Å². The third kappa shape index (κ3) is 3.78. The first-order valence-corrected chi connectivity index (χ1v) is 6.69. The Bertz CT molecular complexity index is 212. The van der Waals surface area contributed by atoms with Crippen LogP contribution in [0.25, 0.3) is 0 Å². The molecule has 1 N–H and O–H groups in total. The molecule has 0 aromatic carbocycles. The molecule has 1 atom stereocenters. The summed E-state index contributed by atoms with van der Waals surface area (Å²) in [7, 11) is 2.05. The van der Waals surface area contributed by atoms with Gasteiger partial charge < -0.3 is 5.32 Å². The molecular weight excluding hydrogens is 200 g/mol. The van der Waals surface area contributed by atoms with E-state index in [1.165, 1.54) is 0 Å². The molecule has 1 fully saturated rings. The first kappa shape index (κ1) is 13.5. The van der Waals surface area contributed by atoms with E-state index in [9.17, 15) is 4.79 Å². The summed E-state index contributed by atoms with van der Waals surface area (Å²) in [5, 5.41) is 3.21. The van der Waals surface area contributed by atoms with Crippen molar-refractivity contribution in [3.8, 4) is 0 Å². The highest BCUT2D eigenvalue weighted by atomic mass is 16.2. The minimum Gasteiger partial charge on any atom is -0.352 e. The molecule has 3 heteroatoms. The van der Waals surface area contributed by atoms with Gasteiger partial charge in [0, 0.05) is 6.04 Å². The molecule has 0 saturated carbocycles. The van der Waals surface area contributed by atoms with Crippen LogP contribution in [0.3, 0.4) is 0 Å². The lowest BCUT2D eigenvalue weighted by Crippen LogP contribution is -2.45. The fourth-order valence-corrected chi connectivity index (χ4v) is 2.52. The average molecular weight is 226 g/mol. The SMILES string of the molecule is CCCC(CCC)NC(=O)[C@@H]1CCCN1C. The van der Waals surface area contributed by atoms with Crippen LogP contribution < -0.4 is 5.32 Å². The first-order chi connectivity index (χ1) is 7.69. The number of likely N-dealkylation sites (tertiary alicyclic amines) is 1. The highest BCUT2D eigenvalue weighted by Gasteiger charge is 2.28. The Hall–Kier alpha value is -0.570. The van der Waals surface area contributed by atoms with E-state index in [1.54, 1.807) is 0 Å². The van der Waals surface area contributed by atoms with E-state index in [0.29, 0.717) is 6.04 Å². The lowest BCUT2D eigenvalue weighted by atomic mass is 10.1. The van der Waals surface area contributed by atoms with Crippen LogP contribution in [-0.4, -0.2) is 36.5 Å². The summed E-state index contributed by atoms with van der Waals surface area (Å²) >= 11 is 0. The number of nitrogens with one attached hydrogen (secondary N) is 1. The topological polar surface area (TPSA) is 32.3 Å². The molecule has 0 radical (unpaired) electrons. The molecule has 0 aromatic rings. The van der Waals surface area contributed by atoms with Gasteiger partial charge in [-0.3, -0.25) is 9.69 Å². The van der Waals surface area contributed by atoms with Crippen molar-refractivity contribution in [1.29, 1.82) is 0 Å². The molecule has 1 saturated heterocycles. The average Bonchev–Trinajstić information content (AvgIpc) is 2.65. The van der Waals surface area contributed by atoms with Crippen LogP contribution >= 0.6 is 0 Å². The smallest absolute Gasteiger partial charge is 0.237 e.